The maximum Gasteiger partial charge on any atom is 0.259 e. The van der Waals surface area contributed by atoms with Gasteiger partial charge in [0.2, 0.25) is 0 Å². The minimum absolute atomic E-state index is 0.294. The van der Waals surface area contributed by atoms with Crippen LogP contribution in [0.1, 0.15) is 10.4 Å². The second kappa shape index (κ2) is 6.82. The molecule has 0 saturated carbocycles. The zero-order valence-electron chi connectivity index (χ0n) is 13.8. The normalized spacial score (nSPS) is 10.8. The van der Waals surface area contributed by atoms with Gasteiger partial charge in [-0.05, 0) is 24.3 Å². The van der Waals surface area contributed by atoms with Gasteiger partial charge in [-0.2, -0.15) is 0 Å². The molecule has 2 heterocycles. The number of amides is 1. The average molecular weight is 384 g/mol. The molecular weight excluding hydrogens is 370 g/mol. The molecule has 4 rings (SSSR count). The molecule has 0 spiro atoms. The molecule has 4 aromatic rings. The number of ether oxygens (including phenoxy) is 1. The highest BCUT2D eigenvalue weighted by Gasteiger charge is 2.16. The number of nitrogens with zero attached hydrogens (tertiary/aromatic N) is 2. The summed E-state index contributed by atoms with van der Waals surface area (Å²) in [5.41, 5.74) is 2.69. The molecule has 7 heteroatoms. The van der Waals surface area contributed by atoms with Gasteiger partial charge in [-0.25, -0.2) is 4.98 Å². The third-order valence-corrected chi connectivity index (χ3v) is 4.96. The monoisotopic (exact) mass is 383 g/mol. The third kappa shape index (κ3) is 3.05. The lowest BCUT2D eigenvalue weighted by Crippen LogP contribution is -2.14. The molecule has 26 heavy (non-hydrogen) atoms. The van der Waals surface area contributed by atoms with Crippen LogP contribution in [0.25, 0.3) is 16.2 Å². The predicted octanol–water partition coefficient (Wildman–Crippen LogP) is 4.98. The number of fused-ring (bicyclic) bond motifs is 1. The molecule has 0 aliphatic rings. The largest absolute Gasteiger partial charge is 0.496 e. The Labute approximate surface area is 158 Å². The molecule has 2 aromatic carbocycles. The van der Waals surface area contributed by atoms with Crippen LogP contribution in [0.2, 0.25) is 5.02 Å². The Morgan fingerprint density at radius 1 is 1.27 bits per heavy atom. The fourth-order valence-electron chi connectivity index (χ4n) is 2.72. The summed E-state index contributed by atoms with van der Waals surface area (Å²) < 4.78 is 7.23. The van der Waals surface area contributed by atoms with Crippen molar-refractivity contribution in [3.05, 3.63) is 70.8 Å². The summed E-state index contributed by atoms with van der Waals surface area (Å²) in [5, 5.41) is 5.39. The molecule has 0 fully saturated rings. The van der Waals surface area contributed by atoms with E-state index in [1.54, 1.807) is 29.5 Å². The van der Waals surface area contributed by atoms with Gasteiger partial charge in [-0.3, -0.25) is 9.20 Å². The van der Waals surface area contributed by atoms with Crippen molar-refractivity contribution >= 4 is 39.5 Å². The number of hydrogen-bond donors (Lipinski definition) is 1. The van der Waals surface area contributed by atoms with Crippen molar-refractivity contribution in [2.45, 2.75) is 0 Å². The maximum absolute atomic E-state index is 12.8. The van der Waals surface area contributed by atoms with Crippen LogP contribution in [0, 0.1) is 0 Å². The number of nitrogens with one attached hydrogen (secondary N) is 1. The van der Waals surface area contributed by atoms with Crippen molar-refractivity contribution < 1.29 is 9.53 Å². The summed E-state index contributed by atoms with van der Waals surface area (Å²) in [6.45, 7) is 0. The SMILES string of the molecule is COc1ccc(Cl)cc1C(=O)Nc1ccccc1-c1cn2ccsc2n1. The van der Waals surface area contributed by atoms with E-state index in [-0.39, 0.29) is 5.91 Å². The van der Waals surface area contributed by atoms with Crippen molar-refractivity contribution in [1.82, 2.24) is 9.38 Å². The van der Waals surface area contributed by atoms with Crippen LogP contribution in [0.4, 0.5) is 5.69 Å². The summed E-state index contributed by atoms with van der Waals surface area (Å²) >= 11 is 7.59. The molecule has 0 bridgehead atoms. The zero-order chi connectivity index (χ0) is 18.1. The Balaban J connectivity index is 1.70. The molecule has 0 unspecified atom stereocenters. The van der Waals surface area contributed by atoms with E-state index < -0.39 is 0 Å². The number of imidazole rings is 1. The van der Waals surface area contributed by atoms with Gasteiger partial charge in [0.05, 0.1) is 24.1 Å². The van der Waals surface area contributed by atoms with E-state index in [9.17, 15) is 4.79 Å². The number of anilines is 1. The second-order valence-corrected chi connectivity index (χ2v) is 6.87. The van der Waals surface area contributed by atoms with Crippen molar-refractivity contribution in [3.8, 4) is 17.0 Å². The lowest BCUT2D eigenvalue weighted by Gasteiger charge is -2.12. The Bertz CT molecular complexity index is 1070. The molecule has 0 radical (unpaired) electrons. The van der Waals surface area contributed by atoms with Crippen molar-refractivity contribution in [2.75, 3.05) is 12.4 Å². The van der Waals surface area contributed by atoms with E-state index in [1.165, 1.54) is 7.11 Å². The quantitative estimate of drug-likeness (QED) is 0.541. The zero-order valence-corrected chi connectivity index (χ0v) is 15.3. The molecular formula is C19H14ClN3O2S. The molecule has 1 amide bonds. The first kappa shape index (κ1) is 16.6. The fraction of sp³-hybridized carbons (Fsp3) is 0.0526. The van der Waals surface area contributed by atoms with E-state index in [2.05, 4.69) is 10.3 Å². The van der Waals surface area contributed by atoms with Crippen LogP contribution in [0.5, 0.6) is 5.75 Å². The minimum atomic E-state index is -0.294. The summed E-state index contributed by atoms with van der Waals surface area (Å²) in [6.07, 6.45) is 3.89. The molecule has 0 aliphatic heterocycles. The van der Waals surface area contributed by atoms with Crippen LogP contribution in [0.3, 0.4) is 0 Å². The van der Waals surface area contributed by atoms with E-state index in [0.717, 1.165) is 16.2 Å². The van der Waals surface area contributed by atoms with E-state index in [1.807, 2.05) is 46.4 Å². The number of rotatable bonds is 4. The summed E-state index contributed by atoms with van der Waals surface area (Å²) in [4.78, 5) is 18.3. The number of para-hydroxylation sites is 1. The molecule has 2 aromatic heterocycles. The maximum atomic E-state index is 12.8. The predicted molar refractivity (Wildman–Crippen MR) is 104 cm³/mol. The molecule has 1 N–H and O–H groups in total. The number of thiazole rings is 1. The Kier molecular flexibility index (Phi) is 4.36. The first-order chi connectivity index (χ1) is 12.7. The Morgan fingerprint density at radius 3 is 2.92 bits per heavy atom. The van der Waals surface area contributed by atoms with Crippen LogP contribution in [0.15, 0.2) is 60.2 Å². The topological polar surface area (TPSA) is 55.6 Å². The summed E-state index contributed by atoms with van der Waals surface area (Å²) in [5.74, 6) is 0.171. The first-order valence-electron chi connectivity index (χ1n) is 7.82. The number of hydrogen-bond acceptors (Lipinski definition) is 4. The highest BCUT2D eigenvalue weighted by Crippen LogP contribution is 2.30. The first-order valence-corrected chi connectivity index (χ1v) is 9.08. The van der Waals surface area contributed by atoms with Crippen molar-refractivity contribution in [2.24, 2.45) is 0 Å². The number of methoxy groups -OCH3 is 1. The summed E-state index contributed by atoms with van der Waals surface area (Å²) in [7, 11) is 1.52. The van der Waals surface area contributed by atoms with Gasteiger partial charge in [0.25, 0.3) is 5.91 Å². The molecule has 130 valence electrons. The highest BCUT2D eigenvalue weighted by molar-refractivity contribution is 7.15. The van der Waals surface area contributed by atoms with Gasteiger partial charge in [-0.15, -0.1) is 11.3 Å². The van der Waals surface area contributed by atoms with Gasteiger partial charge < -0.3 is 10.1 Å². The van der Waals surface area contributed by atoms with Crippen molar-refractivity contribution in [3.63, 3.8) is 0 Å². The number of halogens is 1. The summed E-state index contributed by atoms with van der Waals surface area (Å²) in [6, 6.07) is 12.5. The van der Waals surface area contributed by atoms with E-state index >= 15 is 0 Å². The lowest BCUT2D eigenvalue weighted by atomic mass is 10.1. The van der Waals surface area contributed by atoms with E-state index in [4.69, 9.17) is 16.3 Å². The van der Waals surface area contributed by atoms with Gasteiger partial charge in [0.1, 0.15) is 5.75 Å². The van der Waals surface area contributed by atoms with Gasteiger partial charge in [-0.1, -0.05) is 29.8 Å². The van der Waals surface area contributed by atoms with Crippen LogP contribution in [-0.2, 0) is 0 Å². The number of aromatic nitrogens is 2. The van der Waals surface area contributed by atoms with Gasteiger partial charge in [0, 0.05) is 28.4 Å². The fourth-order valence-corrected chi connectivity index (χ4v) is 3.59. The van der Waals surface area contributed by atoms with E-state index in [0.29, 0.717) is 22.0 Å². The molecule has 5 nitrogen and oxygen atoms in total. The standard InChI is InChI=1S/C19H14ClN3O2S/c1-25-17-7-6-12(20)10-14(17)18(24)21-15-5-3-2-4-13(15)16-11-23-8-9-26-19(23)22-16/h2-11H,1H3,(H,21,24). The van der Waals surface area contributed by atoms with Crippen molar-refractivity contribution in [1.29, 1.82) is 0 Å². The number of benzene rings is 2. The van der Waals surface area contributed by atoms with Gasteiger partial charge >= 0.3 is 0 Å². The third-order valence-electron chi connectivity index (χ3n) is 3.95. The second-order valence-electron chi connectivity index (χ2n) is 5.56. The number of carbonyl (C=O) groups is 1. The minimum Gasteiger partial charge on any atom is -0.496 e. The van der Waals surface area contributed by atoms with Crippen LogP contribution < -0.4 is 10.1 Å². The van der Waals surface area contributed by atoms with Crippen LogP contribution in [-0.4, -0.2) is 22.4 Å². The smallest absolute Gasteiger partial charge is 0.259 e. The highest BCUT2D eigenvalue weighted by atomic mass is 35.5. The Morgan fingerprint density at radius 2 is 2.12 bits per heavy atom. The average Bonchev–Trinajstić information content (AvgIpc) is 3.24. The number of carbonyl (C=O) groups excluding carboxylic acids is 1. The lowest BCUT2D eigenvalue weighted by molar-refractivity contribution is 0.102. The molecule has 0 saturated heterocycles. The van der Waals surface area contributed by atoms with Gasteiger partial charge in [0.15, 0.2) is 4.96 Å². The molecule has 0 atom stereocenters. The van der Waals surface area contributed by atoms with Crippen LogP contribution >= 0.6 is 22.9 Å². The Hall–Kier alpha value is -2.83. The molecule has 0 aliphatic carbocycles.